The molecule has 2 N–H and O–H groups in total. The fourth-order valence-corrected chi connectivity index (χ4v) is 3.89. The van der Waals surface area contributed by atoms with Crippen molar-refractivity contribution in [2.24, 2.45) is 0 Å². The molecule has 1 saturated carbocycles. The molecule has 2 aromatic carbocycles. The van der Waals surface area contributed by atoms with Gasteiger partial charge in [0, 0.05) is 17.3 Å². The molecule has 0 unspecified atom stereocenters. The van der Waals surface area contributed by atoms with Crippen LogP contribution in [0.4, 0.5) is 5.69 Å². The van der Waals surface area contributed by atoms with Gasteiger partial charge in [-0.1, -0.05) is 25.3 Å². The van der Waals surface area contributed by atoms with E-state index in [-0.39, 0.29) is 24.5 Å². The molecule has 0 heterocycles. The van der Waals surface area contributed by atoms with Crippen LogP contribution in [0.25, 0.3) is 0 Å². The van der Waals surface area contributed by atoms with Crippen LogP contribution in [0.5, 0.6) is 5.75 Å². The van der Waals surface area contributed by atoms with Crippen molar-refractivity contribution in [3.05, 3.63) is 58.1 Å². The SMILES string of the molecule is Cc1ccc(OCC(=O)Nc2ccc(C(=O)NC3CCCCC3)cc2)c(Br)c1. The van der Waals surface area contributed by atoms with Gasteiger partial charge in [-0.3, -0.25) is 9.59 Å². The van der Waals surface area contributed by atoms with Crippen LogP contribution in [0, 0.1) is 6.92 Å². The molecule has 3 rings (SSSR count). The Morgan fingerprint density at radius 2 is 1.79 bits per heavy atom. The van der Waals surface area contributed by atoms with E-state index in [1.54, 1.807) is 24.3 Å². The highest BCUT2D eigenvalue weighted by molar-refractivity contribution is 9.10. The minimum absolute atomic E-state index is 0.0580. The first-order valence-corrected chi connectivity index (χ1v) is 10.4. The highest BCUT2D eigenvalue weighted by Crippen LogP contribution is 2.25. The smallest absolute Gasteiger partial charge is 0.262 e. The second-order valence-electron chi connectivity index (χ2n) is 7.16. The second-order valence-corrected chi connectivity index (χ2v) is 8.01. The maximum Gasteiger partial charge on any atom is 0.262 e. The summed E-state index contributed by atoms with van der Waals surface area (Å²) in [4.78, 5) is 24.5. The van der Waals surface area contributed by atoms with Gasteiger partial charge in [-0.2, -0.15) is 0 Å². The molecule has 1 aliphatic carbocycles. The molecular formula is C22H25BrN2O3. The standard InChI is InChI=1S/C22H25BrN2O3/c1-15-7-12-20(19(23)13-15)28-14-21(26)24-18-10-8-16(9-11-18)22(27)25-17-5-3-2-4-6-17/h7-13,17H,2-6,14H2,1H3,(H,24,26)(H,25,27). The topological polar surface area (TPSA) is 67.4 Å². The first-order chi connectivity index (χ1) is 13.5. The fraction of sp³-hybridized carbons (Fsp3) is 0.364. The molecule has 0 aromatic heterocycles. The first kappa shape index (κ1) is 20.4. The zero-order chi connectivity index (χ0) is 19.9. The van der Waals surface area contributed by atoms with Crippen molar-refractivity contribution in [3.8, 4) is 5.75 Å². The van der Waals surface area contributed by atoms with Crippen LogP contribution in [0.2, 0.25) is 0 Å². The Bertz CT molecular complexity index is 830. The van der Waals surface area contributed by atoms with Gasteiger partial charge in [0.25, 0.3) is 11.8 Å². The number of halogens is 1. The third kappa shape index (κ3) is 5.83. The molecule has 2 amide bonds. The monoisotopic (exact) mass is 444 g/mol. The van der Waals surface area contributed by atoms with E-state index in [1.165, 1.54) is 19.3 Å². The number of benzene rings is 2. The van der Waals surface area contributed by atoms with Crippen LogP contribution in [-0.4, -0.2) is 24.5 Å². The quantitative estimate of drug-likeness (QED) is 0.669. The predicted molar refractivity (Wildman–Crippen MR) is 114 cm³/mol. The Morgan fingerprint density at radius 1 is 1.07 bits per heavy atom. The summed E-state index contributed by atoms with van der Waals surface area (Å²) in [6.07, 6.45) is 5.72. The molecule has 6 heteroatoms. The van der Waals surface area contributed by atoms with Crippen molar-refractivity contribution < 1.29 is 14.3 Å². The molecule has 0 radical (unpaired) electrons. The highest BCUT2D eigenvalue weighted by atomic mass is 79.9. The zero-order valence-electron chi connectivity index (χ0n) is 16.0. The van der Waals surface area contributed by atoms with Crippen molar-refractivity contribution >= 4 is 33.4 Å². The zero-order valence-corrected chi connectivity index (χ0v) is 17.6. The second kappa shape index (κ2) is 9.73. The van der Waals surface area contributed by atoms with Gasteiger partial charge in [0.2, 0.25) is 0 Å². The number of rotatable bonds is 6. The normalized spacial score (nSPS) is 14.4. The van der Waals surface area contributed by atoms with E-state index in [0.29, 0.717) is 17.0 Å². The number of carbonyl (C=O) groups is 2. The third-order valence-corrected chi connectivity index (χ3v) is 5.44. The summed E-state index contributed by atoms with van der Waals surface area (Å²) in [6, 6.07) is 12.9. The van der Waals surface area contributed by atoms with Crippen LogP contribution in [-0.2, 0) is 4.79 Å². The minimum atomic E-state index is -0.258. The molecule has 0 aliphatic heterocycles. The minimum Gasteiger partial charge on any atom is -0.483 e. The van der Waals surface area contributed by atoms with Crippen molar-refractivity contribution in [3.63, 3.8) is 0 Å². The first-order valence-electron chi connectivity index (χ1n) is 9.61. The van der Waals surface area contributed by atoms with Gasteiger partial charge in [-0.25, -0.2) is 0 Å². The molecule has 0 atom stereocenters. The van der Waals surface area contributed by atoms with Gasteiger partial charge in [0.15, 0.2) is 6.61 Å². The van der Waals surface area contributed by atoms with Gasteiger partial charge in [0.05, 0.1) is 4.47 Å². The van der Waals surface area contributed by atoms with E-state index < -0.39 is 0 Å². The fourth-order valence-electron chi connectivity index (χ4n) is 3.28. The van der Waals surface area contributed by atoms with Crippen LogP contribution >= 0.6 is 15.9 Å². The van der Waals surface area contributed by atoms with Crippen LogP contribution in [0.1, 0.15) is 48.0 Å². The number of anilines is 1. The lowest BCUT2D eigenvalue weighted by atomic mass is 9.95. The summed E-state index contributed by atoms with van der Waals surface area (Å²) in [6.45, 7) is 1.89. The number of hydrogen-bond acceptors (Lipinski definition) is 3. The number of aryl methyl sites for hydroxylation is 1. The average Bonchev–Trinajstić information content (AvgIpc) is 2.68. The van der Waals surface area contributed by atoms with Gasteiger partial charge in [0.1, 0.15) is 5.75 Å². The Kier molecular flexibility index (Phi) is 7.09. The van der Waals surface area contributed by atoms with Gasteiger partial charge in [-0.05, 0) is 77.7 Å². The maximum absolute atomic E-state index is 12.3. The van der Waals surface area contributed by atoms with E-state index in [9.17, 15) is 9.59 Å². The summed E-state index contributed by atoms with van der Waals surface area (Å²) in [5.41, 5.74) is 2.34. The van der Waals surface area contributed by atoms with E-state index >= 15 is 0 Å². The van der Waals surface area contributed by atoms with Crippen LogP contribution < -0.4 is 15.4 Å². The number of ether oxygens (including phenoxy) is 1. The Hall–Kier alpha value is -2.34. The van der Waals surface area contributed by atoms with E-state index in [0.717, 1.165) is 22.9 Å². The van der Waals surface area contributed by atoms with E-state index in [2.05, 4.69) is 26.6 Å². The summed E-state index contributed by atoms with van der Waals surface area (Å²) < 4.78 is 6.36. The largest absolute Gasteiger partial charge is 0.483 e. The Labute approximate surface area is 174 Å². The van der Waals surface area contributed by atoms with Gasteiger partial charge in [-0.15, -0.1) is 0 Å². The van der Waals surface area contributed by atoms with Crippen molar-refractivity contribution in [1.82, 2.24) is 5.32 Å². The lowest BCUT2D eigenvalue weighted by Crippen LogP contribution is -2.36. The molecule has 1 aliphatic rings. The Morgan fingerprint density at radius 3 is 2.46 bits per heavy atom. The molecular weight excluding hydrogens is 420 g/mol. The molecule has 0 saturated heterocycles. The highest BCUT2D eigenvalue weighted by Gasteiger charge is 2.16. The van der Waals surface area contributed by atoms with Gasteiger partial charge < -0.3 is 15.4 Å². The number of amides is 2. The molecule has 0 spiro atoms. The third-order valence-electron chi connectivity index (χ3n) is 4.82. The molecule has 2 aromatic rings. The molecule has 1 fully saturated rings. The van der Waals surface area contributed by atoms with E-state index in [4.69, 9.17) is 4.74 Å². The van der Waals surface area contributed by atoms with Crippen LogP contribution in [0.15, 0.2) is 46.9 Å². The molecule has 5 nitrogen and oxygen atoms in total. The summed E-state index contributed by atoms with van der Waals surface area (Å²) in [7, 11) is 0. The lowest BCUT2D eigenvalue weighted by molar-refractivity contribution is -0.118. The number of hydrogen-bond donors (Lipinski definition) is 2. The maximum atomic E-state index is 12.3. The number of nitrogens with one attached hydrogen (secondary N) is 2. The van der Waals surface area contributed by atoms with Gasteiger partial charge >= 0.3 is 0 Å². The van der Waals surface area contributed by atoms with E-state index in [1.807, 2.05) is 25.1 Å². The molecule has 0 bridgehead atoms. The molecule has 148 valence electrons. The van der Waals surface area contributed by atoms with Crippen LogP contribution in [0.3, 0.4) is 0 Å². The lowest BCUT2D eigenvalue weighted by Gasteiger charge is -2.22. The van der Waals surface area contributed by atoms with Crippen molar-refractivity contribution in [2.75, 3.05) is 11.9 Å². The predicted octanol–water partition coefficient (Wildman–Crippen LogP) is 4.84. The number of carbonyl (C=O) groups excluding carboxylic acids is 2. The summed E-state index contributed by atoms with van der Waals surface area (Å²) >= 11 is 3.43. The Balaban J connectivity index is 1.49. The summed E-state index contributed by atoms with van der Waals surface area (Å²) in [5.74, 6) is 0.305. The average molecular weight is 445 g/mol. The summed E-state index contributed by atoms with van der Waals surface area (Å²) in [5, 5.41) is 5.87. The van der Waals surface area contributed by atoms with Crippen molar-refractivity contribution in [2.45, 2.75) is 45.1 Å². The molecule has 28 heavy (non-hydrogen) atoms. The van der Waals surface area contributed by atoms with Crippen molar-refractivity contribution in [1.29, 1.82) is 0 Å².